The maximum atomic E-state index is 13.9. The van der Waals surface area contributed by atoms with Gasteiger partial charge >= 0.3 is 11.9 Å². The van der Waals surface area contributed by atoms with Crippen molar-refractivity contribution >= 4 is 17.3 Å². The second-order valence-electron chi connectivity index (χ2n) is 6.35. The summed E-state index contributed by atoms with van der Waals surface area (Å²) in [6.07, 6.45) is -5.71. The van der Waals surface area contributed by atoms with E-state index in [0.29, 0.717) is 0 Å². The second-order valence-corrected chi connectivity index (χ2v) is 6.35. The molecule has 30 heavy (non-hydrogen) atoms. The van der Waals surface area contributed by atoms with E-state index in [2.05, 4.69) is 5.10 Å². The van der Waals surface area contributed by atoms with Crippen molar-refractivity contribution < 1.29 is 40.5 Å². The van der Waals surface area contributed by atoms with E-state index in [1.165, 1.54) is 26.1 Å². The molecule has 0 aliphatic carbocycles. The molecule has 1 atom stereocenters. The van der Waals surface area contributed by atoms with Gasteiger partial charge in [0.1, 0.15) is 22.6 Å². The van der Waals surface area contributed by atoms with Gasteiger partial charge in [0.2, 0.25) is 5.91 Å². The molecule has 0 spiro atoms. The standard InChI is InChI=1S/C16H13F7N4O3/c1-5(4-26-7(3)14(27(29)30)6(2)25-26)15(28)24-13-11(19)9(17)8(16(21,22)23)10(18)12(13)20/h5H,4H2,1-3H3,(H,24,28). The molecule has 0 saturated heterocycles. The Kier molecular flexibility index (Phi) is 6.09. The zero-order valence-electron chi connectivity index (χ0n) is 15.5. The Morgan fingerprint density at radius 3 is 2.03 bits per heavy atom. The van der Waals surface area contributed by atoms with Gasteiger partial charge in [-0.25, -0.2) is 17.6 Å². The second kappa shape index (κ2) is 7.91. The number of carbonyl (C=O) groups is 1. The molecule has 14 heteroatoms. The zero-order valence-corrected chi connectivity index (χ0v) is 15.5. The number of aromatic nitrogens is 2. The largest absolute Gasteiger partial charge is 0.422 e. The van der Waals surface area contributed by atoms with Crippen molar-refractivity contribution in [2.75, 3.05) is 5.32 Å². The molecule has 0 radical (unpaired) electrons. The van der Waals surface area contributed by atoms with Crippen molar-refractivity contribution in [3.63, 3.8) is 0 Å². The van der Waals surface area contributed by atoms with Crippen molar-refractivity contribution in [1.82, 2.24) is 9.78 Å². The molecule has 1 amide bonds. The topological polar surface area (TPSA) is 90.1 Å². The maximum absolute atomic E-state index is 13.9. The number of anilines is 1. The van der Waals surface area contributed by atoms with Gasteiger partial charge in [0.25, 0.3) is 0 Å². The first-order valence-electron chi connectivity index (χ1n) is 8.10. The number of nitro groups is 1. The van der Waals surface area contributed by atoms with Crippen LogP contribution in [-0.4, -0.2) is 20.6 Å². The minimum absolute atomic E-state index is 0.0362. The predicted octanol–water partition coefficient (Wildman–Crippen LogP) is 4.26. The number of hydrogen-bond donors (Lipinski definition) is 1. The lowest BCUT2D eigenvalue weighted by molar-refractivity contribution is -0.386. The van der Waals surface area contributed by atoms with Crippen molar-refractivity contribution in [3.05, 3.63) is 50.3 Å². The van der Waals surface area contributed by atoms with Crippen LogP contribution in [0.2, 0.25) is 0 Å². The van der Waals surface area contributed by atoms with Gasteiger partial charge in [0, 0.05) is 0 Å². The first kappa shape index (κ1) is 23.1. The smallest absolute Gasteiger partial charge is 0.321 e. The van der Waals surface area contributed by atoms with Gasteiger partial charge in [-0.2, -0.15) is 18.3 Å². The van der Waals surface area contributed by atoms with Crippen molar-refractivity contribution in [2.45, 2.75) is 33.5 Å². The van der Waals surface area contributed by atoms with Crippen LogP contribution in [0.3, 0.4) is 0 Å². The first-order chi connectivity index (χ1) is 13.7. The number of aryl methyl sites for hydroxylation is 1. The van der Waals surface area contributed by atoms with E-state index in [1.807, 2.05) is 0 Å². The summed E-state index contributed by atoms with van der Waals surface area (Å²) in [6.45, 7) is 3.54. The predicted molar refractivity (Wildman–Crippen MR) is 87.4 cm³/mol. The quantitative estimate of drug-likeness (QED) is 0.324. The number of halogens is 7. The van der Waals surface area contributed by atoms with E-state index in [9.17, 15) is 45.6 Å². The average molecular weight is 442 g/mol. The lowest BCUT2D eigenvalue weighted by Gasteiger charge is -2.17. The van der Waals surface area contributed by atoms with Gasteiger partial charge < -0.3 is 5.32 Å². The van der Waals surface area contributed by atoms with E-state index < -0.39 is 57.4 Å². The van der Waals surface area contributed by atoms with E-state index in [4.69, 9.17) is 0 Å². The molecule has 7 nitrogen and oxygen atoms in total. The summed E-state index contributed by atoms with van der Waals surface area (Å²) in [5, 5.41) is 16.4. The fourth-order valence-electron chi connectivity index (χ4n) is 2.71. The number of amides is 1. The Morgan fingerprint density at radius 2 is 1.63 bits per heavy atom. The molecule has 1 heterocycles. The van der Waals surface area contributed by atoms with Gasteiger partial charge in [0.15, 0.2) is 23.3 Å². The lowest BCUT2D eigenvalue weighted by Crippen LogP contribution is -2.27. The van der Waals surface area contributed by atoms with Crippen LogP contribution in [0.1, 0.15) is 23.9 Å². The molecule has 0 bridgehead atoms. The fraction of sp³-hybridized carbons (Fsp3) is 0.375. The fourth-order valence-corrected chi connectivity index (χ4v) is 2.71. The number of hydrogen-bond acceptors (Lipinski definition) is 4. The molecule has 2 rings (SSSR count). The Morgan fingerprint density at radius 1 is 1.13 bits per heavy atom. The first-order valence-corrected chi connectivity index (χ1v) is 8.10. The molecule has 0 fully saturated rings. The van der Waals surface area contributed by atoms with Gasteiger partial charge in [-0.3, -0.25) is 19.6 Å². The zero-order chi connectivity index (χ0) is 23.1. The third-order valence-electron chi connectivity index (χ3n) is 4.22. The molecule has 0 aliphatic heterocycles. The number of alkyl halides is 3. The van der Waals surface area contributed by atoms with E-state index >= 15 is 0 Å². The SMILES string of the molecule is Cc1nn(CC(C)C(=O)Nc2c(F)c(F)c(C(F)(F)F)c(F)c2F)c(C)c1[N+](=O)[O-]. The molecule has 1 aromatic carbocycles. The molecule has 0 aliphatic rings. The Hall–Kier alpha value is -3.19. The molecular formula is C16H13F7N4O3. The van der Waals surface area contributed by atoms with Crippen LogP contribution < -0.4 is 5.32 Å². The molecule has 164 valence electrons. The van der Waals surface area contributed by atoms with Crippen molar-refractivity contribution in [1.29, 1.82) is 0 Å². The highest BCUT2D eigenvalue weighted by atomic mass is 19.4. The van der Waals surface area contributed by atoms with Crippen LogP contribution in [0, 0.1) is 53.1 Å². The number of rotatable bonds is 5. The maximum Gasteiger partial charge on any atom is 0.422 e. The minimum atomic E-state index is -5.71. The van der Waals surface area contributed by atoms with Crippen molar-refractivity contribution in [2.24, 2.45) is 5.92 Å². The normalized spacial score (nSPS) is 12.7. The van der Waals surface area contributed by atoms with Crippen LogP contribution >= 0.6 is 0 Å². The summed E-state index contributed by atoms with van der Waals surface area (Å²) in [5.74, 6) is -12.7. The van der Waals surface area contributed by atoms with Crippen LogP contribution in [0.25, 0.3) is 0 Å². The van der Waals surface area contributed by atoms with Gasteiger partial charge in [-0.15, -0.1) is 0 Å². The van der Waals surface area contributed by atoms with Gasteiger partial charge in [0.05, 0.1) is 17.4 Å². The van der Waals surface area contributed by atoms with Crippen LogP contribution in [0.5, 0.6) is 0 Å². The van der Waals surface area contributed by atoms with Gasteiger partial charge in [-0.1, -0.05) is 6.92 Å². The summed E-state index contributed by atoms with van der Waals surface area (Å²) in [6, 6.07) is 0. The number of benzene rings is 1. The van der Waals surface area contributed by atoms with Crippen molar-refractivity contribution in [3.8, 4) is 0 Å². The highest BCUT2D eigenvalue weighted by molar-refractivity contribution is 5.92. The average Bonchev–Trinajstić information content (AvgIpc) is 2.89. The lowest BCUT2D eigenvalue weighted by atomic mass is 10.1. The summed E-state index contributed by atoms with van der Waals surface area (Å²) in [5.41, 5.74) is -4.70. The highest BCUT2D eigenvalue weighted by Gasteiger charge is 2.42. The third kappa shape index (κ3) is 4.07. The molecular weight excluding hydrogens is 429 g/mol. The molecule has 1 aromatic heterocycles. The number of nitrogens with zero attached hydrogens (tertiary/aromatic N) is 3. The third-order valence-corrected chi connectivity index (χ3v) is 4.22. The molecule has 2 aromatic rings. The summed E-state index contributed by atoms with van der Waals surface area (Å²) in [4.78, 5) is 22.5. The highest BCUT2D eigenvalue weighted by Crippen LogP contribution is 2.38. The van der Waals surface area contributed by atoms with Crippen LogP contribution in [-0.2, 0) is 17.5 Å². The van der Waals surface area contributed by atoms with Crippen LogP contribution in [0.15, 0.2) is 0 Å². The summed E-state index contributed by atoms with van der Waals surface area (Å²) < 4.78 is 94.0. The Balaban J connectivity index is 2.33. The van der Waals surface area contributed by atoms with Gasteiger partial charge in [-0.05, 0) is 13.8 Å². The van der Waals surface area contributed by atoms with E-state index in [-0.39, 0.29) is 23.6 Å². The van der Waals surface area contributed by atoms with Crippen LogP contribution in [0.4, 0.5) is 42.1 Å². The Labute approximate surface area is 163 Å². The monoisotopic (exact) mass is 442 g/mol. The summed E-state index contributed by atoms with van der Waals surface area (Å²) >= 11 is 0. The number of nitrogens with one attached hydrogen (secondary N) is 1. The minimum Gasteiger partial charge on any atom is -0.321 e. The Bertz CT molecular complexity index is 1000. The number of carbonyl (C=O) groups excluding carboxylic acids is 1. The molecule has 1 unspecified atom stereocenters. The van der Waals surface area contributed by atoms with E-state index in [0.717, 1.165) is 4.68 Å². The van der Waals surface area contributed by atoms with E-state index in [1.54, 1.807) is 0 Å². The molecule has 1 N–H and O–H groups in total. The summed E-state index contributed by atoms with van der Waals surface area (Å²) in [7, 11) is 0. The molecule has 0 saturated carbocycles.